The predicted octanol–water partition coefficient (Wildman–Crippen LogP) is 4.43. The third-order valence-electron chi connectivity index (χ3n) is 3.49. The van der Waals surface area contributed by atoms with Crippen LogP contribution in [-0.2, 0) is 0 Å². The number of carboxylic acids is 1. The fourth-order valence-corrected chi connectivity index (χ4v) is 2.24. The zero-order chi connectivity index (χ0) is 14.8. The van der Waals surface area contributed by atoms with E-state index in [9.17, 15) is 9.59 Å². The number of carbonyl (C=O) groups excluding carboxylic acids is 1. The first-order valence-electron chi connectivity index (χ1n) is 7.60. The third kappa shape index (κ3) is 6.04. The average molecular weight is 279 g/mol. The van der Waals surface area contributed by atoms with Gasteiger partial charge in [-0.2, -0.15) is 0 Å². The number of H-pyrrole nitrogens is 1. The summed E-state index contributed by atoms with van der Waals surface area (Å²) in [5, 5.41) is 8.77. The van der Waals surface area contributed by atoms with Crippen LogP contribution < -0.4 is 0 Å². The van der Waals surface area contributed by atoms with E-state index >= 15 is 0 Å². The van der Waals surface area contributed by atoms with Crippen LogP contribution in [0.5, 0.6) is 0 Å². The number of carbonyl (C=O) groups is 2. The number of aromatic carboxylic acids is 1. The molecule has 0 spiro atoms. The normalized spacial score (nSPS) is 10.7. The van der Waals surface area contributed by atoms with Crippen molar-refractivity contribution < 1.29 is 14.7 Å². The summed E-state index contributed by atoms with van der Waals surface area (Å²) >= 11 is 0. The Bertz CT molecular complexity index is 423. The van der Waals surface area contributed by atoms with Crippen LogP contribution in [0, 0.1) is 0 Å². The molecule has 1 heterocycles. The van der Waals surface area contributed by atoms with Gasteiger partial charge in [-0.05, 0) is 12.5 Å². The van der Waals surface area contributed by atoms with Crippen LogP contribution >= 0.6 is 0 Å². The SMILES string of the molecule is CCCCCCCCCCC(=O)c1c[nH]c(C(=O)O)c1. The first-order valence-corrected chi connectivity index (χ1v) is 7.60. The molecule has 0 fully saturated rings. The molecule has 0 aromatic carbocycles. The van der Waals surface area contributed by atoms with E-state index in [0.717, 1.165) is 12.8 Å². The number of hydrogen-bond donors (Lipinski definition) is 2. The molecule has 1 aromatic heterocycles. The second kappa shape index (κ2) is 9.34. The van der Waals surface area contributed by atoms with Gasteiger partial charge in [0.15, 0.2) is 5.78 Å². The van der Waals surface area contributed by atoms with Crippen molar-refractivity contribution in [2.24, 2.45) is 0 Å². The Hall–Kier alpha value is -1.58. The highest BCUT2D eigenvalue weighted by Gasteiger charge is 2.11. The number of ketones is 1. The summed E-state index contributed by atoms with van der Waals surface area (Å²) in [4.78, 5) is 25.1. The molecule has 4 nitrogen and oxygen atoms in total. The van der Waals surface area contributed by atoms with Gasteiger partial charge in [-0.25, -0.2) is 4.79 Å². The fourth-order valence-electron chi connectivity index (χ4n) is 2.24. The lowest BCUT2D eigenvalue weighted by molar-refractivity contribution is 0.0691. The number of hydrogen-bond acceptors (Lipinski definition) is 2. The van der Waals surface area contributed by atoms with E-state index in [2.05, 4.69) is 11.9 Å². The maximum Gasteiger partial charge on any atom is 0.352 e. The van der Waals surface area contributed by atoms with E-state index in [-0.39, 0.29) is 11.5 Å². The third-order valence-corrected chi connectivity index (χ3v) is 3.49. The smallest absolute Gasteiger partial charge is 0.352 e. The van der Waals surface area contributed by atoms with E-state index < -0.39 is 5.97 Å². The monoisotopic (exact) mass is 279 g/mol. The summed E-state index contributed by atoms with van der Waals surface area (Å²) in [6.07, 6.45) is 11.6. The van der Waals surface area contributed by atoms with E-state index in [0.29, 0.717) is 12.0 Å². The van der Waals surface area contributed by atoms with E-state index in [1.165, 1.54) is 50.8 Å². The Morgan fingerprint density at radius 2 is 1.65 bits per heavy atom. The molecule has 0 amide bonds. The van der Waals surface area contributed by atoms with Crippen LogP contribution in [0.25, 0.3) is 0 Å². The summed E-state index contributed by atoms with van der Waals surface area (Å²) in [5.74, 6) is -1.00. The molecule has 0 aliphatic rings. The number of rotatable bonds is 11. The molecule has 112 valence electrons. The van der Waals surface area contributed by atoms with Crippen molar-refractivity contribution in [3.05, 3.63) is 23.5 Å². The molecule has 0 saturated carbocycles. The lowest BCUT2D eigenvalue weighted by Gasteiger charge is -2.01. The predicted molar refractivity (Wildman–Crippen MR) is 79.3 cm³/mol. The van der Waals surface area contributed by atoms with Crippen LogP contribution in [0.1, 0.15) is 85.6 Å². The second-order valence-corrected chi connectivity index (χ2v) is 5.26. The van der Waals surface area contributed by atoms with Gasteiger partial charge in [0.2, 0.25) is 0 Å². The Morgan fingerprint density at radius 1 is 1.05 bits per heavy atom. The molecule has 0 aliphatic heterocycles. The van der Waals surface area contributed by atoms with Gasteiger partial charge in [0.05, 0.1) is 0 Å². The highest BCUT2D eigenvalue weighted by molar-refractivity contribution is 5.98. The minimum absolute atomic E-state index is 0.0275. The van der Waals surface area contributed by atoms with E-state index in [1.54, 1.807) is 0 Å². The highest BCUT2D eigenvalue weighted by Crippen LogP contribution is 2.12. The number of unbranched alkanes of at least 4 members (excludes halogenated alkanes) is 7. The Labute approximate surface area is 120 Å². The number of aromatic nitrogens is 1. The molecular weight excluding hydrogens is 254 g/mol. The van der Waals surface area contributed by atoms with Crippen molar-refractivity contribution in [3.63, 3.8) is 0 Å². The lowest BCUT2D eigenvalue weighted by Crippen LogP contribution is -1.98. The van der Waals surface area contributed by atoms with E-state index in [4.69, 9.17) is 5.11 Å². The molecule has 0 radical (unpaired) electrons. The van der Waals surface area contributed by atoms with Gasteiger partial charge in [0, 0.05) is 18.2 Å². The topological polar surface area (TPSA) is 70.2 Å². The van der Waals surface area contributed by atoms with Gasteiger partial charge >= 0.3 is 5.97 Å². The van der Waals surface area contributed by atoms with Crippen molar-refractivity contribution in [1.82, 2.24) is 4.98 Å². The molecule has 20 heavy (non-hydrogen) atoms. The Balaban J connectivity index is 2.12. The first kappa shape index (κ1) is 16.5. The lowest BCUT2D eigenvalue weighted by atomic mass is 10.0. The first-order chi connectivity index (χ1) is 9.65. The largest absolute Gasteiger partial charge is 0.477 e. The second-order valence-electron chi connectivity index (χ2n) is 5.26. The van der Waals surface area contributed by atoms with Crippen LogP contribution in [0.15, 0.2) is 12.3 Å². The number of aromatic amines is 1. The number of nitrogens with one attached hydrogen (secondary N) is 1. The summed E-state index contributed by atoms with van der Waals surface area (Å²) in [6.45, 7) is 2.21. The molecule has 1 rings (SSSR count). The summed E-state index contributed by atoms with van der Waals surface area (Å²) < 4.78 is 0. The van der Waals surface area contributed by atoms with Gasteiger partial charge in [0.1, 0.15) is 5.69 Å². The summed E-state index contributed by atoms with van der Waals surface area (Å²) in [7, 11) is 0. The molecule has 1 aromatic rings. The quantitative estimate of drug-likeness (QED) is 0.465. The minimum Gasteiger partial charge on any atom is -0.477 e. The maximum atomic E-state index is 11.8. The Kier molecular flexibility index (Phi) is 7.70. The molecular formula is C16H25NO3. The number of Topliss-reactive ketones (excluding diaryl/α,β-unsaturated/α-hetero) is 1. The molecule has 0 aliphatic carbocycles. The molecule has 0 atom stereocenters. The summed E-state index contributed by atoms with van der Waals surface area (Å²) in [6, 6.07) is 1.41. The van der Waals surface area contributed by atoms with Gasteiger partial charge in [-0.3, -0.25) is 4.79 Å². The molecule has 4 heteroatoms. The number of carboxylic acid groups (broad SMARTS) is 1. The van der Waals surface area contributed by atoms with Gasteiger partial charge in [-0.15, -0.1) is 0 Å². The van der Waals surface area contributed by atoms with Gasteiger partial charge < -0.3 is 10.1 Å². The maximum absolute atomic E-state index is 11.8. The average Bonchev–Trinajstić information content (AvgIpc) is 2.91. The molecule has 0 bridgehead atoms. The van der Waals surface area contributed by atoms with Crippen molar-refractivity contribution in [2.75, 3.05) is 0 Å². The zero-order valence-corrected chi connectivity index (χ0v) is 12.3. The van der Waals surface area contributed by atoms with Gasteiger partial charge in [-0.1, -0.05) is 51.9 Å². The van der Waals surface area contributed by atoms with Gasteiger partial charge in [0.25, 0.3) is 0 Å². The van der Waals surface area contributed by atoms with Crippen molar-refractivity contribution in [1.29, 1.82) is 0 Å². The van der Waals surface area contributed by atoms with Crippen molar-refractivity contribution >= 4 is 11.8 Å². The van der Waals surface area contributed by atoms with Crippen LogP contribution in [0.3, 0.4) is 0 Å². The molecule has 2 N–H and O–H groups in total. The Morgan fingerprint density at radius 3 is 2.20 bits per heavy atom. The van der Waals surface area contributed by atoms with Crippen molar-refractivity contribution in [2.45, 2.75) is 64.7 Å². The standard InChI is InChI=1S/C16H25NO3/c1-2-3-4-5-6-7-8-9-10-15(18)13-11-14(16(19)20)17-12-13/h11-12,17H,2-10H2,1H3,(H,19,20). The fraction of sp³-hybridized carbons (Fsp3) is 0.625. The molecule has 0 saturated heterocycles. The van der Waals surface area contributed by atoms with Crippen LogP contribution in [0.4, 0.5) is 0 Å². The van der Waals surface area contributed by atoms with Crippen LogP contribution in [-0.4, -0.2) is 21.8 Å². The molecule has 0 unspecified atom stereocenters. The summed E-state index contributed by atoms with van der Waals surface area (Å²) in [5.41, 5.74) is 0.551. The van der Waals surface area contributed by atoms with E-state index in [1.807, 2.05) is 0 Å². The zero-order valence-electron chi connectivity index (χ0n) is 12.3. The van der Waals surface area contributed by atoms with Crippen LogP contribution in [0.2, 0.25) is 0 Å². The highest BCUT2D eigenvalue weighted by atomic mass is 16.4. The van der Waals surface area contributed by atoms with Crippen molar-refractivity contribution in [3.8, 4) is 0 Å². The minimum atomic E-state index is -1.03.